The van der Waals surface area contributed by atoms with Gasteiger partial charge in [-0.25, -0.2) is 0 Å². The maximum absolute atomic E-state index is 12.6. The third-order valence-electron chi connectivity index (χ3n) is 6.40. The van der Waals surface area contributed by atoms with Gasteiger partial charge in [0.1, 0.15) is 0 Å². The number of rotatable bonds is 7. The number of hydrogen-bond acceptors (Lipinski definition) is 4. The van der Waals surface area contributed by atoms with Crippen molar-refractivity contribution in [1.29, 1.82) is 0 Å². The molecule has 0 radical (unpaired) electrons. The summed E-state index contributed by atoms with van der Waals surface area (Å²) < 4.78 is 2.31. The number of aromatic nitrogens is 1. The van der Waals surface area contributed by atoms with Crippen LogP contribution < -0.4 is 0 Å². The Bertz CT molecular complexity index is 1290. The first-order valence-corrected chi connectivity index (χ1v) is 13.4. The van der Waals surface area contributed by atoms with Crippen LogP contribution in [-0.4, -0.2) is 71.4 Å². The molecule has 0 N–H and O–H groups in total. The summed E-state index contributed by atoms with van der Waals surface area (Å²) in [6.45, 7) is 7.79. The van der Waals surface area contributed by atoms with Crippen molar-refractivity contribution in [2.45, 2.75) is 36.7 Å². The number of amides is 2. The Hall–Kier alpha value is -2.74. The van der Waals surface area contributed by atoms with Crippen LogP contribution in [0.5, 0.6) is 0 Å². The normalized spacial score (nSPS) is 14.4. The molecule has 0 aliphatic carbocycles. The van der Waals surface area contributed by atoms with Gasteiger partial charge in [-0.2, -0.15) is 0 Å². The van der Waals surface area contributed by atoms with E-state index in [-0.39, 0.29) is 11.8 Å². The second kappa shape index (κ2) is 11.5. The maximum Gasteiger partial charge on any atom is 0.246 e. The van der Waals surface area contributed by atoms with Crippen molar-refractivity contribution >= 4 is 52.2 Å². The minimum Gasteiger partial charge on any atom is -0.347 e. The van der Waals surface area contributed by atoms with E-state index in [0.29, 0.717) is 31.2 Å². The minimum absolute atomic E-state index is 0.0479. The van der Waals surface area contributed by atoms with Crippen LogP contribution in [0.15, 0.2) is 58.5 Å². The van der Waals surface area contributed by atoms with Gasteiger partial charge in [0, 0.05) is 73.6 Å². The molecule has 190 valence electrons. The number of aryl methyl sites for hydroxylation is 1. The number of carbonyl (C=O) groups is 2. The first-order chi connectivity index (χ1) is 17.3. The highest BCUT2D eigenvalue weighted by atomic mass is 35.5. The first kappa shape index (κ1) is 26.3. The van der Waals surface area contributed by atoms with Crippen LogP contribution in [0.25, 0.3) is 17.0 Å². The van der Waals surface area contributed by atoms with Crippen molar-refractivity contribution in [1.82, 2.24) is 19.3 Å². The van der Waals surface area contributed by atoms with Gasteiger partial charge in [0.05, 0.1) is 10.5 Å². The standard InChI is InChI=1S/C28H33ClN4O2S/c1-5-31-19-22(18-30(3)4)23-7-6-8-26(28(23)31)36-25-11-9-21(17-24(25)29)10-12-27(35)33-15-13-32(14-16-33)20(2)34/h6-12,17,19H,5,13-16,18H2,1-4H3/b12-10+. The highest BCUT2D eigenvalue weighted by molar-refractivity contribution is 7.99. The molecule has 2 aromatic carbocycles. The summed E-state index contributed by atoms with van der Waals surface area (Å²) in [5.74, 6) is 0.00618. The molecule has 0 unspecified atom stereocenters. The van der Waals surface area contributed by atoms with E-state index in [0.717, 1.165) is 23.5 Å². The van der Waals surface area contributed by atoms with Crippen LogP contribution in [0, 0.1) is 0 Å². The van der Waals surface area contributed by atoms with Gasteiger partial charge >= 0.3 is 0 Å². The molecule has 2 amide bonds. The van der Waals surface area contributed by atoms with Gasteiger partial charge in [0.15, 0.2) is 0 Å². The molecule has 0 saturated carbocycles. The Morgan fingerprint density at radius 2 is 1.78 bits per heavy atom. The molecule has 1 aliphatic rings. The van der Waals surface area contributed by atoms with E-state index in [4.69, 9.17) is 11.6 Å². The van der Waals surface area contributed by atoms with Crippen LogP contribution >= 0.6 is 23.4 Å². The average Bonchev–Trinajstić information content (AvgIpc) is 3.21. The molecule has 0 atom stereocenters. The Morgan fingerprint density at radius 1 is 1.06 bits per heavy atom. The fourth-order valence-corrected chi connectivity index (χ4v) is 5.84. The lowest BCUT2D eigenvalue weighted by atomic mass is 10.1. The second-order valence-corrected chi connectivity index (χ2v) is 10.8. The van der Waals surface area contributed by atoms with E-state index < -0.39 is 0 Å². The predicted molar refractivity (Wildman–Crippen MR) is 148 cm³/mol. The Balaban J connectivity index is 1.49. The largest absolute Gasteiger partial charge is 0.347 e. The lowest BCUT2D eigenvalue weighted by Crippen LogP contribution is -2.49. The van der Waals surface area contributed by atoms with Crippen molar-refractivity contribution in [3.05, 3.63) is 64.8 Å². The summed E-state index contributed by atoms with van der Waals surface area (Å²) in [5, 5.41) is 1.93. The number of halogens is 1. The number of hydrogen-bond donors (Lipinski definition) is 0. The van der Waals surface area contributed by atoms with Crippen molar-refractivity contribution in [3.8, 4) is 0 Å². The topological polar surface area (TPSA) is 48.8 Å². The highest BCUT2D eigenvalue weighted by Crippen LogP contribution is 2.39. The van der Waals surface area contributed by atoms with Gasteiger partial charge in [-0.1, -0.05) is 41.6 Å². The van der Waals surface area contributed by atoms with E-state index in [2.05, 4.69) is 54.9 Å². The van der Waals surface area contributed by atoms with Crippen molar-refractivity contribution < 1.29 is 9.59 Å². The minimum atomic E-state index is -0.0479. The lowest BCUT2D eigenvalue weighted by Gasteiger charge is -2.33. The summed E-state index contributed by atoms with van der Waals surface area (Å²) >= 11 is 8.35. The van der Waals surface area contributed by atoms with Gasteiger partial charge in [-0.05, 0) is 56.4 Å². The molecule has 36 heavy (non-hydrogen) atoms. The molecule has 1 aliphatic heterocycles. The number of nitrogens with zero attached hydrogens (tertiary/aromatic N) is 4. The number of carbonyl (C=O) groups excluding carboxylic acids is 2. The number of fused-ring (bicyclic) bond motifs is 1. The Kier molecular flexibility index (Phi) is 8.44. The van der Waals surface area contributed by atoms with E-state index in [1.807, 2.05) is 18.2 Å². The number of para-hydroxylation sites is 1. The molecule has 6 nitrogen and oxygen atoms in total. The molecular weight excluding hydrogens is 492 g/mol. The number of benzene rings is 2. The highest BCUT2D eigenvalue weighted by Gasteiger charge is 2.21. The molecule has 1 fully saturated rings. The lowest BCUT2D eigenvalue weighted by molar-refractivity contribution is -0.135. The van der Waals surface area contributed by atoms with Gasteiger partial charge in [0.25, 0.3) is 0 Å². The average molecular weight is 525 g/mol. The zero-order valence-corrected chi connectivity index (χ0v) is 22.9. The molecule has 4 rings (SSSR count). The summed E-state index contributed by atoms with van der Waals surface area (Å²) in [6, 6.07) is 12.3. The number of piperazine rings is 1. The Labute approximate surface area is 222 Å². The van der Waals surface area contributed by atoms with Crippen LogP contribution in [0.1, 0.15) is 25.0 Å². The van der Waals surface area contributed by atoms with E-state index >= 15 is 0 Å². The SMILES string of the molecule is CCn1cc(CN(C)C)c2cccc(Sc3ccc(/C=C/C(=O)N4CCN(C(C)=O)CC4)cc3Cl)c21. The molecule has 2 heterocycles. The van der Waals surface area contributed by atoms with Crippen LogP contribution in [0.3, 0.4) is 0 Å². The fraction of sp³-hybridized carbons (Fsp3) is 0.357. The molecule has 3 aromatic rings. The summed E-state index contributed by atoms with van der Waals surface area (Å²) in [5.41, 5.74) is 3.43. The van der Waals surface area contributed by atoms with Crippen molar-refractivity contribution in [2.75, 3.05) is 40.3 Å². The molecular formula is C28H33ClN4O2S. The molecule has 1 aromatic heterocycles. The van der Waals surface area contributed by atoms with Gasteiger partial charge in [-0.15, -0.1) is 0 Å². The zero-order chi connectivity index (χ0) is 25.8. The monoisotopic (exact) mass is 524 g/mol. The van der Waals surface area contributed by atoms with Crippen molar-refractivity contribution in [2.24, 2.45) is 0 Å². The molecule has 0 spiro atoms. The maximum atomic E-state index is 12.6. The van der Waals surface area contributed by atoms with Gasteiger partial charge in [0.2, 0.25) is 11.8 Å². The smallest absolute Gasteiger partial charge is 0.246 e. The zero-order valence-electron chi connectivity index (χ0n) is 21.3. The molecule has 8 heteroatoms. The summed E-state index contributed by atoms with van der Waals surface area (Å²) in [4.78, 5) is 32.0. The third-order valence-corrected chi connectivity index (χ3v) is 7.95. The van der Waals surface area contributed by atoms with Crippen molar-refractivity contribution in [3.63, 3.8) is 0 Å². The molecule has 1 saturated heterocycles. The summed E-state index contributed by atoms with van der Waals surface area (Å²) in [6.07, 6.45) is 5.64. The molecule has 0 bridgehead atoms. The van der Waals surface area contributed by atoms with Crippen LogP contribution in [0.4, 0.5) is 0 Å². The summed E-state index contributed by atoms with van der Waals surface area (Å²) in [7, 11) is 4.18. The van der Waals surface area contributed by atoms with Gasteiger partial charge < -0.3 is 19.3 Å². The quantitative estimate of drug-likeness (QED) is 0.397. The van der Waals surface area contributed by atoms with Gasteiger partial charge in [-0.3, -0.25) is 9.59 Å². The first-order valence-electron chi connectivity index (χ1n) is 12.2. The predicted octanol–water partition coefficient (Wildman–Crippen LogP) is 5.23. The third kappa shape index (κ3) is 5.97. The Morgan fingerprint density at radius 3 is 2.42 bits per heavy atom. The van der Waals surface area contributed by atoms with Crippen LogP contribution in [-0.2, 0) is 22.7 Å². The fourth-order valence-electron chi connectivity index (χ4n) is 4.53. The van der Waals surface area contributed by atoms with E-state index in [9.17, 15) is 9.59 Å². The van der Waals surface area contributed by atoms with E-state index in [1.165, 1.54) is 21.4 Å². The van der Waals surface area contributed by atoms with Crippen LogP contribution in [0.2, 0.25) is 5.02 Å². The van der Waals surface area contributed by atoms with E-state index in [1.54, 1.807) is 40.6 Å². The second-order valence-electron chi connectivity index (χ2n) is 9.29.